The lowest BCUT2D eigenvalue weighted by Crippen LogP contribution is -2.06. The number of ether oxygens (including phenoxy) is 2. The molecule has 0 spiro atoms. The van der Waals surface area contributed by atoms with Gasteiger partial charge in [0.2, 0.25) is 11.7 Å². The molecule has 4 aromatic rings. The Bertz CT molecular complexity index is 1320. The van der Waals surface area contributed by atoms with Crippen LogP contribution in [0.2, 0.25) is 0 Å². The second-order valence-electron chi connectivity index (χ2n) is 8.71. The number of aromatic nitrogens is 4. The van der Waals surface area contributed by atoms with Crippen LogP contribution in [0.5, 0.6) is 11.6 Å². The molecule has 2 atom stereocenters. The van der Waals surface area contributed by atoms with Gasteiger partial charge in [-0.25, -0.2) is 4.98 Å². The molecule has 5 rings (SSSR count). The molecular weight excluding hydrogens is 444 g/mol. The van der Waals surface area contributed by atoms with E-state index in [4.69, 9.17) is 19.1 Å². The van der Waals surface area contributed by atoms with Crippen LogP contribution in [0.15, 0.2) is 53.2 Å². The lowest BCUT2D eigenvalue weighted by molar-refractivity contribution is 0.222. The Morgan fingerprint density at radius 1 is 1.09 bits per heavy atom. The van der Waals surface area contributed by atoms with Gasteiger partial charge in [0.05, 0.1) is 19.3 Å². The summed E-state index contributed by atoms with van der Waals surface area (Å²) in [5.41, 5.74) is 5.29. The summed E-state index contributed by atoms with van der Waals surface area (Å²) in [5.74, 6) is 3.73. The average molecular weight is 473 g/mol. The van der Waals surface area contributed by atoms with Gasteiger partial charge >= 0.3 is 0 Å². The number of hydrogen-bond acceptors (Lipinski definition) is 8. The number of aryl methyl sites for hydroxylation is 2. The highest BCUT2D eigenvalue weighted by atomic mass is 16.5. The Morgan fingerprint density at radius 3 is 2.60 bits per heavy atom. The smallest absolute Gasteiger partial charge is 0.252 e. The first-order valence-corrected chi connectivity index (χ1v) is 11.8. The van der Waals surface area contributed by atoms with Crippen LogP contribution in [0.4, 0.5) is 0 Å². The number of aliphatic hydroxyl groups excluding tert-OH is 1. The Labute approximate surface area is 204 Å². The van der Waals surface area contributed by atoms with Crippen LogP contribution in [0, 0.1) is 12.8 Å². The van der Waals surface area contributed by atoms with Crippen molar-refractivity contribution in [2.45, 2.75) is 39.2 Å². The maximum atomic E-state index is 9.14. The van der Waals surface area contributed by atoms with E-state index in [0.717, 1.165) is 35.3 Å². The van der Waals surface area contributed by atoms with Crippen molar-refractivity contribution in [1.29, 1.82) is 0 Å². The summed E-state index contributed by atoms with van der Waals surface area (Å²) in [6.07, 6.45) is 3.88. The molecule has 0 amide bonds. The van der Waals surface area contributed by atoms with Crippen molar-refractivity contribution >= 4 is 0 Å². The Morgan fingerprint density at radius 2 is 1.89 bits per heavy atom. The van der Waals surface area contributed by atoms with Gasteiger partial charge in [-0.2, -0.15) is 9.97 Å². The van der Waals surface area contributed by atoms with Gasteiger partial charge in [-0.05, 0) is 54.5 Å². The molecule has 0 radical (unpaired) electrons. The van der Waals surface area contributed by atoms with Crippen molar-refractivity contribution in [3.8, 4) is 34.1 Å². The van der Waals surface area contributed by atoms with Crippen LogP contribution in [0.1, 0.15) is 42.1 Å². The van der Waals surface area contributed by atoms with E-state index in [1.807, 2.05) is 37.3 Å². The van der Waals surface area contributed by atoms with Gasteiger partial charge < -0.3 is 19.1 Å². The first-order chi connectivity index (χ1) is 17.1. The maximum absolute atomic E-state index is 9.14. The van der Waals surface area contributed by atoms with Gasteiger partial charge in [-0.1, -0.05) is 42.4 Å². The highest BCUT2D eigenvalue weighted by Gasteiger charge is 2.40. The van der Waals surface area contributed by atoms with E-state index in [2.05, 4.69) is 39.2 Å². The summed E-state index contributed by atoms with van der Waals surface area (Å²) in [6, 6.07) is 14.1. The maximum Gasteiger partial charge on any atom is 0.252 e. The van der Waals surface area contributed by atoms with Gasteiger partial charge in [-0.15, -0.1) is 0 Å². The number of nitrogens with zero attached hydrogens (tertiary/aromatic N) is 4. The molecule has 8 heteroatoms. The topological polar surface area (TPSA) is 103 Å². The summed E-state index contributed by atoms with van der Waals surface area (Å²) in [4.78, 5) is 13.1. The molecule has 2 aromatic heterocycles. The minimum absolute atomic E-state index is 0.186. The summed E-state index contributed by atoms with van der Waals surface area (Å²) < 4.78 is 16.6. The fourth-order valence-corrected chi connectivity index (χ4v) is 4.37. The molecule has 2 heterocycles. The van der Waals surface area contributed by atoms with E-state index in [1.165, 1.54) is 11.1 Å². The number of aliphatic hydroxyl groups is 1. The molecule has 1 N–H and O–H groups in total. The first-order valence-electron chi connectivity index (χ1n) is 11.8. The van der Waals surface area contributed by atoms with Crippen molar-refractivity contribution in [3.63, 3.8) is 0 Å². The first kappa shape index (κ1) is 23.0. The number of benzene rings is 2. The van der Waals surface area contributed by atoms with Crippen molar-refractivity contribution in [1.82, 2.24) is 20.1 Å². The minimum Gasteiger partial charge on any atom is -0.497 e. The Hall–Kier alpha value is -3.78. The average Bonchev–Trinajstić information content (AvgIpc) is 3.51. The van der Waals surface area contributed by atoms with Gasteiger partial charge in [0.25, 0.3) is 5.89 Å². The molecule has 35 heavy (non-hydrogen) atoms. The van der Waals surface area contributed by atoms with Crippen LogP contribution in [0.25, 0.3) is 22.5 Å². The lowest BCUT2D eigenvalue weighted by Gasteiger charge is -2.12. The highest BCUT2D eigenvalue weighted by molar-refractivity contribution is 5.70. The van der Waals surface area contributed by atoms with Crippen LogP contribution < -0.4 is 9.47 Å². The minimum atomic E-state index is -0.285. The molecule has 2 unspecified atom stereocenters. The normalized spacial score (nSPS) is 16.8. The lowest BCUT2D eigenvalue weighted by atomic mass is 10.00. The Kier molecular flexibility index (Phi) is 6.46. The summed E-state index contributed by atoms with van der Waals surface area (Å²) >= 11 is 0. The van der Waals surface area contributed by atoms with Crippen molar-refractivity contribution in [2.75, 3.05) is 13.7 Å². The second kappa shape index (κ2) is 9.84. The fraction of sp³-hybridized carbons (Fsp3) is 0.333. The molecule has 8 nitrogen and oxygen atoms in total. The molecule has 0 aliphatic heterocycles. The van der Waals surface area contributed by atoms with Crippen molar-refractivity contribution in [3.05, 3.63) is 71.5 Å². The predicted molar refractivity (Wildman–Crippen MR) is 130 cm³/mol. The third kappa shape index (κ3) is 4.88. The third-order valence-electron chi connectivity index (χ3n) is 6.42. The zero-order chi connectivity index (χ0) is 24.4. The number of rotatable bonds is 9. The van der Waals surface area contributed by atoms with Gasteiger partial charge in [0.15, 0.2) is 0 Å². The SMILES string of the molecule is CCc1cc(OC)ccc1C1CC1COc1nc(C)ncc1-c1ccc(-c2noc(CO)n2)cc1. The molecule has 180 valence electrons. The highest BCUT2D eigenvalue weighted by Crippen LogP contribution is 2.49. The zero-order valence-electron chi connectivity index (χ0n) is 20.1. The summed E-state index contributed by atoms with van der Waals surface area (Å²) in [6.45, 7) is 4.36. The van der Waals surface area contributed by atoms with E-state index in [1.54, 1.807) is 13.3 Å². The van der Waals surface area contributed by atoms with E-state index >= 15 is 0 Å². The quantitative estimate of drug-likeness (QED) is 0.372. The van der Waals surface area contributed by atoms with E-state index in [-0.39, 0.29) is 12.5 Å². The molecule has 1 aliphatic rings. The number of methoxy groups -OCH3 is 1. The molecule has 1 fully saturated rings. The second-order valence-corrected chi connectivity index (χ2v) is 8.71. The van der Waals surface area contributed by atoms with E-state index in [0.29, 0.717) is 36.0 Å². The van der Waals surface area contributed by atoms with Crippen LogP contribution in [0.3, 0.4) is 0 Å². The summed E-state index contributed by atoms with van der Waals surface area (Å²) in [5, 5.41) is 13.0. The van der Waals surface area contributed by atoms with Gasteiger partial charge in [0.1, 0.15) is 18.2 Å². The fourth-order valence-electron chi connectivity index (χ4n) is 4.37. The third-order valence-corrected chi connectivity index (χ3v) is 6.42. The molecule has 1 aliphatic carbocycles. The van der Waals surface area contributed by atoms with Crippen LogP contribution in [-0.2, 0) is 13.0 Å². The largest absolute Gasteiger partial charge is 0.497 e. The van der Waals surface area contributed by atoms with Crippen molar-refractivity contribution < 1.29 is 19.1 Å². The number of hydrogen-bond donors (Lipinski definition) is 1. The van der Waals surface area contributed by atoms with Gasteiger partial charge in [0, 0.05) is 17.7 Å². The monoisotopic (exact) mass is 472 g/mol. The molecule has 2 aromatic carbocycles. The standard InChI is InChI=1S/C27H28N4O4/c1-4-17-11-21(33-3)9-10-22(17)23-12-20(23)15-34-27-24(13-28-16(2)29-27)18-5-7-19(8-6-18)26-30-25(14-32)35-31-26/h5-11,13,20,23,32H,4,12,14-15H2,1-3H3. The molecular formula is C27H28N4O4. The Balaban J connectivity index is 1.30. The van der Waals surface area contributed by atoms with E-state index in [9.17, 15) is 0 Å². The van der Waals surface area contributed by atoms with Gasteiger partial charge in [-0.3, -0.25) is 0 Å². The molecule has 0 saturated heterocycles. The predicted octanol–water partition coefficient (Wildman–Crippen LogP) is 4.75. The van der Waals surface area contributed by atoms with E-state index < -0.39 is 0 Å². The van der Waals surface area contributed by atoms with Crippen LogP contribution >= 0.6 is 0 Å². The van der Waals surface area contributed by atoms with Crippen molar-refractivity contribution in [2.24, 2.45) is 5.92 Å². The molecule has 0 bridgehead atoms. The summed E-state index contributed by atoms with van der Waals surface area (Å²) in [7, 11) is 1.70. The van der Waals surface area contributed by atoms with Crippen LogP contribution in [-0.4, -0.2) is 38.9 Å². The zero-order valence-corrected chi connectivity index (χ0v) is 20.1. The molecule has 1 saturated carbocycles.